The van der Waals surface area contributed by atoms with Crippen molar-refractivity contribution in [2.75, 3.05) is 13.2 Å². The molecule has 1 amide bonds. The van der Waals surface area contributed by atoms with Gasteiger partial charge in [-0.1, -0.05) is 29.8 Å². The molecule has 118 valence electrons. The number of hydrogen-bond donors (Lipinski definition) is 2. The van der Waals surface area contributed by atoms with Crippen molar-refractivity contribution in [2.24, 2.45) is 11.7 Å². The summed E-state index contributed by atoms with van der Waals surface area (Å²) in [5.41, 5.74) is 6.90. The molecule has 3 N–H and O–H groups in total. The SMILES string of the molecule is CC(C)CCNC(=O)COc1ccc(Br)c(CC(C)N)c1. The molecule has 21 heavy (non-hydrogen) atoms. The Hall–Kier alpha value is -1.07. The highest BCUT2D eigenvalue weighted by atomic mass is 79.9. The maximum Gasteiger partial charge on any atom is 0.257 e. The highest BCUT2D eigenvalue weighted by Gasteiger charge is 2.07. The lowest BCUT2D eigenvalue weighted by Gasteiger charge is -2.12. The van der Waals surface area contributed by atoms with E-state index in [2.05, 4.69) is 35.1 Å². The summed E-state index contributed by atoms with van der Waals surface area (Å²) in [6.07, 6.45) is 1.74. The van der Waals surface area contributed by atoms with E-state index in [4.69, 9.17) is 10.5 Å². The molecule has 0 aliphatic rings. The fourth-order valence-corrected chi connectivity index (χ4v) is 2.25. The quantitative estimate of drug-likeness (QED) is 0.752. The highest BCUT2D eigenvalue weighted by Crippen LogP contribution is 2.23. The first-order valence-electron chi connectivity index (χ1n) is 7.32. The van der Waals surface area contributed by atoms with Gasteiger partial charge in [-0.15, -0.1) is 0 Å². The molecule has 0 heterocycles. The smallest absolute Gasteiger partial charge is 0.257 e. The minimum absolute atomic E-state index is 0.0390. The van der Waals surface area contributed by atoms with Gasteiger partial charge in [0, 0.05) is 17.1 Å². The van der Waals surface area contributed by atoms with Gasteiger partial charge in [-0.3, -0.25) is 4.79 Å². The fourth-order valence-electron chi connectivity index (χ4n) is 1.84. The molecule has 1 unspecified atom stereocenters. The fraction of sp³-hybridized carbons (Fsp3) is 0.562. The number of nitrogens with two attached hydrogens (primary N) is 1. The van der Waals surface area contributed by atoms with Crippen LogP contribution in [0.3, 0.4) is 0 Å². The standard InChI is InChI=1S/C16H25BrN2O2/c1-11(2)6-7-19-16(20)10-21-14-4-5-15(17)13(9-14)8-12(3)18/h4-5,9,11-12H,6-8,10,18H2,1-3H3,(H,19,20). The van der Waals surface area contributed by atoms with Gasteiger partial charge in [0.15, 0.2) is 6.61 Å². The third-order valence-electron chi connectivity index (χ3n) is 2.97. The third-order valence-corrected chi connectivity index (χ3v) is 3.75. The van der Waals surface area contributed by atoms with E-state index in [0.29, 0.717) is 18.2 Å². The van der Waals surface area contributed by atoms with Crippen LogP contribution in [-0.4, -0.2) is 25.1 Å². The number of benzene rings is 1. The topological polar surface area (TPSA) is 64.3 Å². The number of halogens is 1. The van der Waals surface area contributed by atoms with Gasteiger partial charge in [0.1, 0.15) is 5.75 Å². The zero-order chi connectivity index (χ0) is 15.8. The number of rotatable bonds is 8. The van der Waals surface area contributed by atoms with Crippen LogP contribution in [0.15, 0.2) is 22.7 Å². The van der Waals surface area contributed by atoms with Gasteiger partial charge < -0.3 is 15.8 Å². The molecule has 0 spiro atoms. The molecule has 0 fully saturated rings. The van der Waals surface area contributed by atoms with Crippen LogP contribution in [0.4, 0.5) is 0 Å². The predicted molar refractivity (Wildman–Crippen MR) is 89.5 cm³/mol. The number of ether oxygens (including phenoxy) is 1. The Labute approximate surface area is 135 Å². The molecule has 1 aromatic carbocycles. The summed E-state index contributed by atoms with van der Waals surface area (Å²) in [5.74, 6) is 1.18. The minimum Gasteiger partial charge on any atom is -0.484 e. The van der Waals surface area contributed by atoms with Crippen LogP contribution in [0.1, 0.15) is 32.8 Å². The average molecular weight is 357 g/mol. The van der Waals surface area contributed by atoms with Crippen LogP contribution in [0.5, 0.6) is 5.75 Å². The van der Waals surface area contributed by atoms with Crippen molar-refractivity contribution in [3.05, 3.63) is 28.2 Å². The summed E-state index contributed by atoms with van der Waals surface area (Å²) >= 11 is 3.50. The Kier molecular flexibility index (Phi) is 7.75. The number of amides is 1. The Bertz CT molecular complexity index is 462. The monoisotopic (exact) mass is 356 g/mol. The van der Waals surface area contributed by atoms with Crippen molar-refractivity contribution in [2.45, 2.75) is 39.7 Å². The second-order valence-electron chi connectivity index (χ2n) is 5.76. The Morgan fingerprint density at radius 1 is 1.38 bits per heavy atom. The highest BCUT2D eigenvalue weighted by molar-refractivity contribution is 9.10. The predicted octanol–water partition coefficient (Wildman–Crippen LogP) is 2.88. The maximum absolute atomic E-state index is 11.7. The van der Waals surface area contributed by atoms with Gasteiger partial charge in [-0.25, -0.2) is 0 Å². The zero-order valence-electron chi connectivity index (χ0n) is 13.0. The molecule has 5 heteroatoms. The van der Waals surface area contributed by atoms with Crippen LogP contribution in [-0.2, 0) is 11.2 Å². The molecule has 0 radical (unpaired) electrons. The van der Waals surface area contributed by atoms with E-state index in [-0.39, 0.29) is 18.6 Å². The molecule has 0 aliphatic carbocycles. The molecule has 4 nitrogen and oxygen atoms in total. The molecule has 0 bridgehead atoms. The van der Waals surface area contributed by atoms with Crippen LogP contribution in [0.2, 0.25) is 0 Å². The Morgan fingerprint density at radius 3 is 2.71 bits per heavy atom. The van der Waals surface area contributed by atoms with Gasteiger partial charge in [-0.2, -0.15) is 0 Å². The van der Waals surface area contributed by atoms with Crippen molar-refractivity contribution < 1.29 is 9.53 Å². The zero-order valence-corrected chi connectivity index (χ0v) is 14.6. The van der Waals surface area contributed by atoms with Crippen molar-refractivity contribution in [1.29, 1.82) is 0 Å². The summed E-state index contributed by atoms with van der Waals surface area (Å²) < 4.78 is 6.54. The average Bonchev–Trinajstić information content (AvgIpc) is 2.38. The van der Waals surface area contributed by atoms with Gasteiger partial charge in [0.05, 0.1) is 0 Å². The largest absolute Gasteiger partial charge is 0.484 e. The molecule has 1 rings (SSSR count). The molecule has 1 aromatic rings. The molecule has 0 saturated heterocycles. The molecule has 0 aliphatic heterocycles. The number of nitrogens with one attached hydrogen (secondary N) is 1. The second kappa shape index (κ2) is 9.05. The lowest BCUT2D eigenvalue weighted by Crippen LogP contribution is -2.30. The number of hydrogen-bond acceptors (Lipinski definition) is 3. The van der Waals surface area contributed by atoms with Gasteiger partial charge in [-0.05, 0) is 49.4 Å². The first-order valence-corrected chi connectivity index (χ1v) is 8.11. The minimum atomic E-state index is -0.0905. The van der Waals surface area contributed by atoms with E-state index in [9.17, 15) is 4.79 Å². The summed E-state index contributed by atoms with van der Waals surface area (Å²) in [5, 5.41) is 2.85. The maximum atomic E-state index is 11.7. The van der Waals surface area contributed by atoms with Gasteiger partial charge in [0.2, 0.25) is 0 Å². The van der Waals surface area contributed by atoms with Gasteiger partial charge >= 0.3 is 0 Å². The van der Waals surface area contributed by atoms with Crippen LogP contribution in [0.25, 0.3) is 0 Å². The van der Waals surface area contributed by atoms with Crippen molar-refractivity contribution in [1.82, 2.24) is 5.32 Å². The van der Waals surface area contributed by atoms with Crippen molar-refractivity contribution in [3.8, 4) is 5.75 Å². The summed E-state index contributed by atoms with van der Waals surface area (Å²) in [7, 11) is 0. The molecule has 1 atom stereocenters. The van der Waals surface area contributed by atoms with Crippen molar-refractivity contribution in [3.63, 3.8) is 0 Å². The first-order chi connectivity index (χ1) is 9.88. The number of carbonyl (C=O) groups excluding carboxylic acids is 1. The summed E-state index contributed by atoms with van der Waals surface area (Å²) in [6, 6.07) is 5.77. The summed E-state index contributed by atoms with van der Waals surface area (Å²) in [6.45, 7) is 6.95. The van der Waals surface area contributed by atoms with Crippen LogP contribution < -0.4 is 15.8 Å². The molecule has 0 aromatic heterocycles. The molecular weight excluding hydrogens is 332 g/mol. The number of carbonyl (C=O) groups is 1. The first kappa shape index (κ1) is 18.0. The lowest BCUT2D eigenvalue weighted by molar-refractivity contribution is -0.123. The van der Waals surface area contributed by atoms with E-state index in [1.54, 1.807) is 0 Å². The summed E-state index contributed by atoms with van der Waals surface area (Å²) in [4.78, 5) is 11.7. The molecule has 0 saturated carbocycles. The lowest BCUT2D eigenvalue weighted by atomic mass is 10.1. The Balaban J connectivity index is 2.46. The van der Waals surface area contributed by atoms with E-state index in [1.165, 1.54) is 0 Å². The van der Waals surface area contributed by atoms with Crippen LogP contribution >= 0.6 is 15.9 Å². The third kappa shape index (κ3) is 7.48. The Morgan fingerprint density at radius 2 is 2.10 bits per heavy atom. The molecular formula is C16H25BrN2O2. The van der Waals surface area contributed by atoms with E-state index in [1.807, 2.05) is 25.1 Å². The van der Waals surface area contributed by atoms with E-state index in [0.717, 1.165) is 22.9 Å². The van der Waals surface area contributed by atoms with E-state index < -0.39 is 0 Å². The van der Waals surface area contributed by atoms with E-state index >= 15 is 0 Å². The van der Waals surface area contributed by atoms with Gasteiger partial charge in [0.25, 0.3) is 5.91 Å². The second-order valence-corrected chi connectivity index (χ2v) is 6.61. The normalized spacial score (nSPS) is 12.3. The van der Waals surface area contributed by atoms with Crippen molar-refractivity contribution >= 4 is 21.8 Å². The van der Waals surface area contributed by atoms with Crippen LogP contribution in [0, 0.1) is 5.92 Å².